The Labute approximate surface area is 117 Å². The molecular weight excluding hydrogens is 256 g/mol. The highest BCUT2D eigenvalue weighted by Gasteiger charge is 2.36. The largest absolute Gasteiger partial charge is 0.391 e. The maximum Gasteiger partial charge on any atom is 0.229 e. The fourth-order valence-corrected chi connectivity index (χ4v) is 2.45. The number of carbonyl (C=O) groups is 1. The molecule has 1 fully saturated rings. The number of anilines is 1. The molecular formula is C14H18N4O2. The van der Waals surface area contributed by atoms with Gasteiger partial charge in [0, 0.05) is 17.8 Å². The molecule has 1 saturated carbocycles. The zero-order valence-corrected chi connectivity index (χ0v) is 11.0. The van der Waals surface area contributed by atoms with Gasteiger partial charge in [-0.15, -0.1) is 0 Å². The first-order valence-corrected chi connectivity index (χ1v) is 6.51. The van der Waals surface area contributed by atoms with Crippen LogP contribution in [0.15, 0.2) is 24.3 Å². The second kappa shape index (κ2) is 6.01. The van der Waals surface area contributed by atoms with Crippen LogP contribution in [0.2, 0.25) is 0 Å². The summed E-state index contributed by atoms with van der Waals surface area (Å²) in [5, 5.41) is 21.3. The van der Waals surface area contributed by atoms with Crippen molar-refractivity contribution in [3.63, 3.8) is 0 Å². The Morgan fingerprint density at radius 3 is 2.80 bits per heavy atom. The molecule has 106 valence electrons. The van der Waals surface area contributed by atoms with Crippen LogP contribution in [0.5, 0.6) is 0 Å². The highest BCUT2D eigenvalue weighted by molar-refractivity contribution is 5.93. The van der Waals surface area contributed by atoms with Crippen molar-refractivity contribution in [1.29, 1.82) is 5.26 Å². The number of nitrogens with one attached hydrogen (secondary N) is 1. The molecule has 0 bridgehead atoms. The smallest absolute Gasteiger partial charge is 0.229 e. The minimum Gasteiger partial charge on any atom is -0.391 e. The van der Waals surface area contributed by atoms with Crippen molar-refractivity contribution in [3.8, 4) is 6.07 Å². The van der Waals surface area contributed by atoms with E-state index in [1.807, 2.05) is 6.07 Å². The molecule has 2 rings (SSSR count). The second-order valence-electron chi connectivity index (χ2n) is 5.15. The highest BCUT2D eigenvalue weighted by Crippen LogP contribution is 2.24. The summed E-state index contributed by atoms with van der Waals surface area (Å²) in [6.45, 7) is 0. The van der Waals surface area contributed by atoms with Crippen LogP contribution in [0, 0.1) is 17.2 Å². The fraction of sp³-hybridized carbons (Fsp3) is 0.429. The Balaban J connectivity index is 2.06. The maximum absolute atomic E-state index is 12.2. The molecule has 0 aliphatic heterocycles. The zero-order valence-electron chi connectivity index (χ0n) is 11.0. The molecule has 6 N–H and O–H groups in total. The molecule has 6 nitrogen and oxygen atoms in total. The molecule has 0 unspecified atom stereocenters. The number of amides is 1. The number of hydrogen-bond donors (Lipinski definition) is 4. The molecule has 0 saturated heterocycles. The molecule has 1 aromatic rings. The molecule has 1 amide bonds. The van der Waals surface area contributed by atoms with Crippen molar-refractivity contribution in [2.75, 3.05) is 5.32 Å². The molecule has 0 aromatic heterocycles. The standard InChI is InChI=1S/C14H18N4O2/c15-7-8-2-1-3-9(4-8)18-14(20)10-5-13(19)12(17)6-11(10)16/h1-4,10-13,19H,5-6,16-17H2,(H,18,20)/t10-,11-,12+,13+/m0/s1. The third kappa shape index (κ3) is 3.14. The van der Waals surface area contributed by atoms with Crippen LogP contribution in [0.25, 0.3) is 0 Å². The van der Waals surface area contributed by atoms with Crippen molar-refractivity contribution < 1.29 is 9.90 Å². The summed E-state index contributed by atoms with van der Waals surface area (Å²) in [6.07, 6.45) is -0.0418. The molecule has 1 aromatic carbocycles. The van der Waals surface area contributed by atoms with Gasteiger partial charge in [-0.05, 0) is 31.0 Å². The van der Waals surface area contributed by atoms with Gasteiger partial charge in [0.25, 0.3) is 0 Å². The summed E-state index contributed by atoms with van der Waals surface area (Å²) < 4.78 is 0. The Bertz CT molecular complexity index is 540. The summed E-state index contributed by atoms with van der Waals surface area (Å²) in [5.41, 5.74) is 12.7. The number of hydrogen-bond acceptors (Lipinski definition) is 5. The van der Waals surface area contributed by atoms with Gasteiger partial charge in [-0.25, -0.2) is 0 Å². The second-order valence-corrected chi connectivity index (χ2v) is 5.15. The molecule has 0 spiro atoms. The van der Waals surface area contributed by atoms with E-state index in [-0.39, 0.29) is 24.4 Å². The van der Waals surface area contributed by atoms with E-state index in [1.54, 1.807) is 24.3 Å². The lowest BCUT2D eigenvalue weighted by molar-refractivity contribution is -0.122. The van der Waals surface area contributed by atoms with Gasteiger partial charge in [-0.2, -0.15) is 5.26 Å². The van der Waals surface area contributed by atoms with Crippen molar-refractivity contribution in [2.24, 2.45) is 17.4 Å². The van der Waals surface area contributed by atoms with E-state index < -0.39 is 12.0 Å². The van der Waals surface area contributed by atoms with E-state index in [1.165, 1.54) is 0 Å². The number of rotatable bonds is 2. The molecule has 6 heteroatoms. The van der Waals surface area contributed by atoms with Gasteiger partial charge in [0.15, 0.2) is 0 Å². The first-order chi connectivity index (χ1) is 9.51. The van der Waals surface area contributed by atoms with Crippen LogP contribution < -0.4 is 16.8 Å². The lowest BCUT2D eigenvalue weighted by Crippen LogP contribution is -2.53. The lowest BCUT2D eigenvalue weighted by atomic mass is 9.80. The van der Waals surface area contributed by atoms with Crippen LogP contribution in [0.4, 0.5) is 5.69 Å². The third-order valence-electron chi connectivity index (χ3n) is 3.65. The van der Waals surface area contributed by atoms with Crippen LogP contribution in [0.3, 0.4) is 0 Å². The quantitative estimate of drug-likeness (QED) is 0.600. The molecule has 20 heavy (non-hydrogen) atoms. The van der Waals surface area contributed by atoms with Crippen molar-refractivity contribution >= 4 is 11.6 Å². The fourth-order valence-electron chi connectivity index (χ4n) is 2.45. The highest BCUT2D eigenvalue weighted by atomic mass is 16.3. The molecule has 0 radical (unpaired) electrons. The SMILES string of the molecule is N#Cc1cccc(NC(=O)[C@H]2C[C@@H](O)[C@H](N)C[C@@H]2N)c1. The van der Waals surface area contributed by atoms with Crippen molar-refractivity contribution in [3.05, 3.63) is 29.8 Å². The zero-order chi connectivity index (χ0) is 14.7. The van der Waals surface area contributed by atoms with Crippen LogP contribution >= 0.6 is 0 Å². The number of carbonyl (C=O) groups excluding carboxylic acids is 1. The Morgan fingerprint density at radius 2 is 2.10 bits per heavy atom. The molecule has 1 aliphatic carbocycles. The molecule has 1 aliphatic rings. The average Bonchev–Trinajstić information content (AvgIpc) is 2.43. The number of nitrogens with zero attached hydrogens (tertiary/aromatic N) is 1. The van der Waals surface area contributed by atoms with Crippen molar-refractivity contribution in [1.82, 2.24) is 0 Å². The number of nitrogens with two attached hydrogens (primary N) is 2. The van der Waals surface area contributed by atoms with E-state index in [9.17, 15) is 9.90 Å². The monoisotopic (exact) mass is 274 g/mol. The summed E-state index contributed by atoms with van der Waals surface area (Å²) in [5.74, 6) is -0.728. The first-order valence-electron chi connectivity index (χ1n) is 6.51. The van der Waals surface area contributed by atoms with Gasteiger partial charge in [0.1, 0.15) is 0 Å². The third-order valence-corrected chi connectivity index (χ3v) is 3.65. The van der Waals surface area contributed by atoms with Crippen molar-refractivity contribution in [2.45, 2.75) is 31.0 Å². The number of nitriles is 1. The number of aliphatic hydroxyl groups excluding tert-OH is 1. The van der Waals surface area contributed by atoms with E-state index >= 15 is 0 Å². The Kier molecular flexibility index (Phi) is 4.35. The molecule has 0 heterocycles. The predicted octanol–water partition coefficient (Wildman–Crippen LogP) is -0.0777. The van der Waals surface area contributed by atoms with Gasteiger partial charge in [0.05, 0.1) is 23.7 Å². The Morgan fingerprint density at radius 1 is 1.35 bits per heavy atom. The van der Waals surface area contributed by atoms with Gasteiger partial charge in [-0.3, -0.25) is 4.79 Å². The average molecular weight is 274 g/mol. The van der Waals surface area contributed by atoms with Gasteiger partial charge >= 0.3 is 0 Å². The lowest BCUT2D eigenvalue weighted by Gasteiger charge is -2.34. The molecule has 4 atom stereocenters. The topological polar surface area (TPSA) is 125 Å². The van der Waals surface area contributed by atoms with Crippen LogP contribution in [-0.2, 0) is 4.79 Å². The summed E-state index contributed by atoms with van der Waals surface area (Å²) >= 11 is 0. The minimum atomic E-state index is -0.712. The number of aliphatic hydroxyl groups is 1. The van der Waals surface area contributed by atoms with Gasteiger partial charge in [0.2, 0.25) is 5.91 Å². The summed E-state index contributed by atoms with van der Waals surface area (Å²) in [4.78, 5) is 12.2. The summed E-state index contributed by atoms with van der Waals surface area (Å²) in [6, 6.07) is 7.91. The minimum absolute atomic E-state index is 0.251. The van der Waals surface area contributed by atoms with Gasteiger partial charge < -0.3 is 21.9 Å². The Hall–Kier alpha value is -1.94. The predicted molar refractivity (Wildman–Crippen MR) is 74.5 cm³/mol. The van der Waals surface area contributed by atoms with Gasteiger partial charge in [-0.1, -0.05) is 6.07 Å². The first kappa shape index (κ1) is 14.5. The van der Waals surface area contributed by atoms with E-state index in [0.717, 1.165) is 0 Å². The summed E-state index contributed by atoms with van der Waals surface area (Å²) in [7, 11) is 0. The maximum atomic E-state index is 12.2. The van der Waals surface area contributed by atoms with Crippen LogP contribution in [-0.4, -0.2) is 29.2 Å². The van der Waals surface area contributed by atoms with E-state index in [4.69, 9.17) is 16.7 Å². The van der Waals surface area contributed by atoms with Crippen LogP contribution in [0.1, 0.15) is 18.4 Å². The number of benzene rings is 1. The van der Waals surface area contributed by atoms with E-state index in [0.29, 0.717) is 17.7 Å². The normalized spacial score (nSPS) is 29.5. The van der Waals surface area contributed by atoms with E-state index in [2.05, 4.69) is 5.32 Å².